The van der Waals surface area contributed by atoms with Gasteiger partial charge in [0.2, 0.25) is 0 Å². The molecule has 9 nitrogen and oxygen atoms in total. The third-order valence-electron chi connectivity index (χ3n) is 2.41. The van der Waals surface area contributed by atoms with E-state index >= 15 is 0 Å². The number of carboxylic acid groups (broad SMARTS) is 1. The number of carbonyl (C=O) groups is 2. The van der Waals surface area contributed by atoms with Crippen molar-refractivity contribution in [2.45, 2.75) is 46.2 Å². The van der Waals surface area contributed by atoms with Crippen molar-refractivity contribution >= 4 is 12.0 Å². The maximum atomic E-state index is 11.7. The second kappa shape index (κ2) is 6.83. The average molecular weight is 284 g/mol. The Hall–Kier alpha value is -2.19. The molecule has 4 N–H and O–H groups in total. The number of amides is 2. The first kappa shape index (κ1) is 15.9. The highest BCUT2D eigenvalue weighted by molar-refractivity contribution is 5.75. The maximum absolute atomic E-state index is 11.7. The molecule has 0 radical (unpaired) electrons. The Morgan fingerprint density at radius 3 is 2.60 bits per heavy atom. The largest absolute Gasteiger partial charge is 0.481 e. The summed E-state index contributed by atoms with van der Waals surface area (Å²) in [5, 5.41) is 27.1. The molecule has 0 aliphatic carbocycles. The smallest absolute Gasteiger partial charge is 0.315 e. The summed E-state index contributed by atoms with van der Waals surface area (Å²) in [6.45, 7) is 6.08. The third kappa shape index (κ3) is 6.66. The summed E-state index contributed by atoms with van der Waals surface area (Å²) in [4.78, 5) is 22.5. The number of aromatic nitrogens is 4. The van der Waals surface area contributed by atoms with Crippen LogP contribution in [0.25, 0.3) is 0 Å². The Kier molecular flexibility index (Phi) is 5.42. The Morgan fingerprint density at radius 1 is 1.40 bits per heavy atom. The lowest BCUT2D eigenvalue weighted by Crippen LogP contribution is -2.44. The van der Waals surface area contributed by atoms with Gasteiger partial charge in [0.1, 0.15) is 0 Å². The molecule has 0 fully saturated rings. The van der Waals surface area contributed by atoms with E-state index in [1.165, 1.54) is 0 Å². The minimum atomic E-state index is -0.947. The molecule has 1 rings (SSSR count). The number of carbonyl (C=O) groups excluding carboxylic acids is 1. The lowest BCUT2D eigenvalue weighted by molar-refractivity contribution is -0.137. The van der Waals surface area contributed by atoms with Crippen LogP contribution in [0.1, 0.15) is 39.4 Å². The number of tetrazole rings is 1. The summed E-state index contributed by atoms with van der Waals surface area (Å²) in [7, 11) is 0. The molecule has 9 heteroatoms. The lowest BCUT2D eigenvalue weighted by Gasteiger charge is -2.25. The van der Waals surface area contributed by atoms with Gasteiger partial charge in [-0.1, -0.05) is 26.0 Å². The molecule has 0 aromatic carbocycles. The molecule has 1 atom stereocenters. The van der Waals surface area contributed by atoms with Crippen molar-refractivity contribution in [3.8, 4) is 0 Å². The second-order valence-corrected chi connectivity index (χ2v) is 5.71. The predicted octanol–water partition coefficient (Wildman–Crippen LogP) is 0.278. The fourth-order valence-corrected chi connectivity index (χ4v) is 1.78. The number of urea groups is 1. The van der Waals surface area contributed by atoms with Gasteiger partial charge in [-0.15, -0.1) is 10.2 Å². The van der Waals surface area contributed by atoms with Gasteiger partial charge in [-0.3, -0.25) is 4.79 Å². The summed E-state index contributed by atoms with van der Waals surface area (Å²) < 4.78 is 0. The zero-order chi connectivity index (χ0) is 15.2. The number of hydrogen-bond donors (Lipinski definition) is 4. The first-order valence-electron chi connectivity index (χ1n) is 6.25. The number of carboxylic acids is 1. The monoisotopic (exact) mass is 284 g/mol. The number of rotatable bonds is 6. The van der Waals surface area contributed by atoms with Gasteiger partial charge in [0.25, 0.3) is 0 Å². The van der Waals surface area contributed by atoms with Crippen molar-refractivity contribution in [3.05, 3.63) is 5.82 Å². The summed E-state index contributed by atoms with van der Waals surface area (Å²) in [5.41, 5.74) is -0.0823. The molecule has 1 aromatic rings. The minimum absolute atomic E-state index is 0.0823. The van der Waals surface area contributed by atoms with Crippen LogP contribution in [0.15, 0.2) is 0 Å². The van der Waals surface area contributed by atoms with E-state index in [0.29, 0.717) is 12.2 Å². The Bertz CT molecular complexity index is 440. The van der Waals surface area contributed by atoms with Gasteiger partial charge in [-0.2, -0.15) is 5.21 Å². The Morgan fingerprint density at radius 2 is 2.10 bits per heavy atom. The van der Waals surface area contributed by atoms with E-state index < -0.39 is 18.0 Å². The molecule has 0 aliphatic rings. The quantitative estimate of drug-likeness (QED) is 0.593. The van der Waals surface area contributed by atoms with Gasteiger partial charge in [-0.25, -0.2) is 4.79 Å². The van der Waals surface area contributed by atoms with E-state index in [0.717, 1.165) is 0 Å². The minimum Gasteiger partial charge on any atom is -0.481 e. The molecule has 0 bridgehead atoms. The molecule has 0 aliphatic heterocycles. The van der Waals surface area contributed by atoms with Crippen LogP contribution in [0.2, 0.25) is 0 Å². The Labute approximate surface area is 116 Å². The molecule has 20 heavy (non-hydrogen) atoms. The van der Waals surface area contributed by atoms with Crippen LogP contribution in [-0.2, 0) is 11.3 Å². The van der Waals surface area contributed by atoms with Crippen LogP contribution in [0.4, 0.5) is 4.79 Å². The molecule has 112 valence electrons. The van der Waals surface area contributed by atoms with E-state index in [1.807, 2.05) is 20.8 Å². The summed E-state index contributed by atoms with van der Waals surface area (Å²) in [5.74, 6) is -0.594. The van der Waals surface area contributed by atoms with Gasteiger partial charge < -0.3 is 15.7 Å². The molecule has 1 aromatic heterocycles. The van der Waals surface area contributed by atoms with Crippen molar-refractivity contribution in [1.29, 1.82) is 0 Å². The van der Waals surface area contributed by atoms with Crippen molar-refractivity contribution in [2.75, 3.05) is 0 Å². The number of aromatic amines is 1. The van der Waals surface area contributed by atoms with E-state index in [1.54, 1.807) is 0 Å². The summed E-state index contributed by atoms with van der Waals surface area (Å²) >= 11 is 0. The molecule has 2 amide bonds. The van der Waals surface area contributed by atoms with Crippen LogP contribution in [0, 0.1) is 5.41 Å². The number of hydrogen-bond acceptors (Lipinski definition) is 5. The molecule has 0 saturated carbocycles. The third-order valence-corrected chi connectivity index (χ3v) is 2.41. The first-order valence-corrected chi connectivity index (χ1v) is 6.25. The molecular formula is C11H20N6O3. The highest BCUT2D eigenvalue weighted by atomic mass is 16.4. The normalized spacial score (nSPS) is 12.8. The first-order chi connectivity index (χ1) is 9.26. The van der Waals surface area contributed by atoms with Crippen LogP contribution in [0.5, 0.6) is 0 Å². The van der Waals surface area contributed by atoms with Crippen molar-refractivity contribution in [1.82, 2.24) is 31.3 Å². The van der Waals surface area contributed by atoms with Crippen LogP contribution < -0.4 is 10.6 Å². The van der Waals surface area contributed by atoms with Crippen molar-refractivity contribution in [3.63, 3.8) is 0 Å². The van der Waals surface area contributed by atoms with E-state index in [2.05, 4.69) is 31.3 Å². The Balaban J connectivity index is 2.46. The zero-order valence-electron chi connectivity index (χ0n) is 11.8. The number of aliphatic carboxylic acids is 1. The van der Waals surface area contributed by atoms with Gasteiger partial charge in [0, 0.05) is 6.04 Å². The average Bonchev–Trinajstić information content (AvgIpc) is 2.75. The number of nitrogens with one attached hydrogen (secondary N) is 3. The zero-order valence-corrected chi connectivity index (χ0v) is 11.8. The molecular weight excluding hydrogens is 264 g/mol. The molecule has 1 unspecified atom stereocenters. The van der Waals surface area contributed by atoms with Crippen LogP contribution in [-0.4, -0.2) is 43.8 Å². The van der Waals surface area contributed by atoms with Crippen LogP contribution >= 0.6 is 0 Å². The van der Waals surface area contributed by atoms with E-state index in [4.69, 9.17) is 5.11 Å². The predicted molar refractivity (Wildman–Crippen MR) is 69.7 cm³/mol. The SMILES string of the molecule is CC(C)(C)CC(CC(=O)O)NC(=O)NCc1nn[nH]n1. The molecule has 0 saturated heterocycles. The fourth-order valence-electron chi connectivity index (χ4n) is 1.78. The van der Waals surface area contributed by atoms with Gasteiger partial charge in [0.05, 0.1) is 13.0 Å². The number of nitrogens with zero attached hydrogens (tertiary/aromatic N) is 3. The second-order valence-electron chi connectivity index (χ2n) is 5.71. The topological polar surface area (TPSA) is 133 Å². The van der Waals surface area contributed by atoms with Crippen LogP contribution in [0.3, 0.4) is 0 Å². The van der Waals surface area contributed by atoms with Gasteiger partial charge >= 0.3 is 12.0 Å². The highest BCUT2D eigenvalue weighted by Gasteiger charge is 2.22. The van der Waals surface area contributed by atoms with Gasteiger partial charge in [-0.05, 0) is 11.8 Å². The molecule has 0 spiro atoms. The fraction of sp³-hybridized carbons (Fsp3) is 0.727. The maximum Gasteiger partial charge on any atom is 0.315 e. The number of H-pyrrole nitrogens is 1. The summed E-state index contributed by atoms with van der Waals surface area (Å²) in [6, 6.07) is -0.886. The summed E-state index contributed by atoms with van der Waals surface area (Å²) in [6.07, 6.45) is 0.446. The van der Waals surface area contributed by atoms with Gasteiger partial charge in [0.15, 0.2) is 5.82 Å². The lowest BCUT2D eigenvalue weighted by atomic mass is 9.87. The molecule has 1 heterocycles. The van der Waals surface area contributed by atoms with E-state index in [9.17, 15) is 9.59 Å². The van der Waals surface area contributed by atoms with Crippen molar-refractivity contribution < 1.29 is 14.7 Å². The van der Waals surface area contributed by atoms with E-state index in [-0.39, 0.29) is 18.4 Å². The van der Waals surface area contributed by atoms with Crippen molar-refractivity contribution in [2.24, 2.45) is 5.41 Å². The standard InChI is InChI=1S/C11H20N6O3/c1-11(2,3)5-7(4-9(18)19)13-10(20)12-6-8-14-16-17-15-8/h7H,4-6H2,1-3H3,(H,18,19)(H2,12,13,20)(H,14,15,16,17). The highest BCUT2D eigenvalue weighted by Crippen LogP contribution is 2.22.